The lowest BCUT2D eigenvalue weighted by atomic mass is 9.91. The Morgan fingerprint density at radius 1 is 1.08 bits per heavy atom. The van der Waals surface area contributed by atoms with Crippen LogP contribution in [0.1, 0.15) is 30.1 Å². The third-order valence-electron chi connectivity index (χ3n) is 4.73. The van der Waals surface area contributed by atoms with E-state index in [2.05, 4.69) is 32.0 Å². The van der Waals surface area contributed by atoms with E-state index in [4.69, 9.17) is 5.73 Å². The maximum atomic E-state index is 6.10. The number of pyridine rings is 1. The fourth-order valence-electron chi connectivity index (χ4n) is 3.53. The summed E-state index contributed by atoms with van der Waals surface area (Å²) in [6.07, 6.45) is 6.17. The number of fused-ring (bicyclic) bond motifs is 1. The number of piperidine rings is 1. The number of anilines is 1. The van der Waals surface area contributed by atoms with Crippen LogP contribution < -0.4 is 5.73 Å². The number of para-hydroxylation sites is 1. The van der Waals surface area contributed by atoms with Crippen LogP contribution in [0.5, 0.6) is 0 Å². The molecule has 2 N–H and O–H groups in total. The number of aromatic nitrogens is 3. The van der Waals surface area contributed by atoms with Crippen LogP contribution >= 0.6 is 0 Å². The molecule has 5 heteroatoms. The van der Waals surface area contributed by atoms with E-state index in [9.17, 15) is 0 Å². The highest BCUT2D eigenvalue weighted by atomic mass is 15.2. The predicted molar refractivity (Wildman–Crippen MR) is 95.4 cm³/mol. The Balaban J connectivity index is 1.53. The van der Waals surface area contributed by atoms with Crippen LogP contribution in [0.25, 0.3) is 10.9 Å². The van der Waals surface area contributed by atoms with Gasteiger partial charge in [-0.3, -0.25) is 9.88 Å². The summed E-state index contributed by atoms with van der Waals surface area (Å²) in [4.78, 5) is 15.7. The van der Waals surface area contributed by atoms with Gasteiger partial charge < -0.3 is 5.73 Å². The van der Waals surface area contributed by atoms with Crippen molar-refractivity contribution >= 4 is 16.7 Å². The minimum atomic E-state index is 0.555. The molecule has 0 amide bonds. The van der Waals surface area contributed by atoms with E-state index in [1.165, 1.54) is 18.4 Å². The molecule has 0 radical (unpaired) electrons. The van der Waals surface area contributed by atoms with Gasteiger partial charge in [0, 0.05) is 24.3 Å². The first-order chi connectivity index (χ1) is 11.8. The second kappa shape index (κ2) is 6.53. The molecule has 0 bridgehead atoms. The molecule has 2 aromatic heterocycles. The summed E-state index contributed by atoms with van der Waals surface area (Å²) >= 11 is 0. The van der Waals surface area contributed by atoms with Crippen molar-refractivity contribution in [3.63, 3.8) is 0 Å². The van der Waals surface area contributed by atoms with Crippen molar-refractivity contribution in [1.82, 2.24) is 19.9 Å². The number of nitrogen functional groups attached to an aromatic ring is 1. The zero-order valence-corrected chi connectivity index (χ0v) is 13.6. The Bertz CT molecular complexity index is 834. The molecule has 3 heterocycles. The monoisotopic (exact) mass is 319 g/mol. The highest BCUT2D eigenvalue weighted by Gasteiger charge is 2.22. The van der Waals surface area contributed by atoms with E-state index in [1.807, 2.05) is 36.7 Å². The van der Waals surface area contributed by atoms with Crippen LogP contribution in [-0.2, 0) is 6.54 Å². The van der Waals surface area contributed by atoms with Gasteiger partial charge in [0.15, 0.2) is 0 Å². The third-order valence-corrected chi connectivity index (χ3v) is 4.73. The van der Waals surface area contributed by atoms with E-state index in [1.54, 1.807) is 0 Å². The lowest BCUT2D eigenvalue weighted by molar-refractivity contribution is 0.196. The Hall–Kier alpha value is -2.53. The van der Waals surface area contributed by atoms with Gasteiger partial charge in [-0.1, -0.05) is 12.1 Å². The SMILES string of the molecule is Nc1nc(CN2CCC[C@H](c3ccncc3)C2)nc2ccccc12. The lowest BCUT2D eigenvalue weighted by Crippen LogP contribution is -2.34. The summed E-state index contributed by atoms with van der Waals surface area (Å²) < 4.78 is 0. The molecule has 0 unspecified atom stereocenters. The molecule has 4 rings (SSSR count). The van der Waals surface area contributed by atoms with Crippen molar-refractivity contribution in [2.45, 2.75) is 25.3 Å². The second-order valence-corrected chi connectivity index (χ2v) is 6.40. The Labute approximate surface area is 141 Å². The van der Waals surface area contributed by atoms with Crippen LogP contribution in [0.15, 0.2) is 48.8 Å². The van der Waals surface area contributed by atoms with Gasteiger partial charge in [0.2, 0.25) is 0 Å². The Morgan fingerprint density at radius 3 is 2.79 bits per heavy atom. The highest BCUT2D eigenvalue weighted by Crippen LogP contribution is 2.27. The van der Waals surface area contributed by atoms with Gasteiger partial charge in [0.1, 0.15) is 11.6 Å². The average Bonchev–Trinajstić information content (AvgIpc) is 2.63. The molecule has 1 aliphatic rings. The Kier molecular flexibility index (Phi) is 4.09. The average molecular weight is 319 g/mol. The molecule has 122 valence electrons. The zero-order chi connectivity index (χ0) is 16.4. The summed E-state index contributed by atoms with van der Waals surface area (Å²) in [6.45, 7) is 2.86. The summed E-state index contributed by atoms with van der Waals surface area (Å²) in [5.41, 5.74) is 8.39. The van der Waals surface area contributed by atoms with E-state index < -0.39 is 0 Å². The molecule has 1 atom stereocenters. The number of benzene rings is 1. The van der Waals surface area contributed by atoms with Gasteiger partial charge in [-0.25, -0.2) is 9.97 Å². The third kappa shape index (κ3) is 3.08. The van der Waals surface area contributed by atoms with Crippen molar-refractivity contribution < 1.29 is 0 Å². The molecule has 1 aromatic carbocycles. The minimum absolute atomic E-state index is 0.555. The van der Waals surface area contributed by atoms with Crippen molar-refractivity contribution in [2.75, 3.05) is 18.8 Å². The molecule has 0 saturated carbocycles. The molecule has 1 fully saturated rings. The molecular formula is C19H21N5. The van der Waals surface area contributed by atoms with Gasteiger partial charge in [-0.05, 0) is 55.1 Å². The molecule has 0 spiro atoms. The number of nitrogens with two attached hydrogens (primary N) is 1. The summed E-state index contributed by atoms with van der Waals surface area (Å²) in [5, 5.41) is 0.926. The quantitative estimate of drug-likeness (QED) is 0.804. The van der Waals surface area contributed by atoms with Crippen LogP contribution in [0.4, 0.5) is 5.82 Å². The number of likely N-dealkylation sites (tertiary alicyclic amines) is 1. The maximum absolute atomic E-state index is 6.10. The first kappa shape index (κ1) is 15.0. The van der Waals surface area contributed by atoms with Gasteiger partial charge in [0.25, 0.3) is 0 Å². The lowest BCUT2D eigenvalue weighted by Gasteiger charge is -2.32. The van der Waals surface area contributed by atoms with Crippen LogP contribution in [-0.4, -0.2) is 32.9 Å². The molecule has 24 heavy (non-hydrogen) atoms. The number of rotatable bonds is 3. The van der Waals surface area contributed by atoms with Crippen LogP contribution in [0, 0.1) is 0 Å². The largest absolute Gasteiger partial charge is 0.383 e. The maximum Gasteiger partial charge on any atom is 0.145 e. The highest BCUT2D eigenvalue weighted by molar-refractivity contribution is 5.87. The number of hydrogen-bond acceptors (Lipinski definition) is 5. The molecular weight excluding hydrogens is 298 g/mol. The van der Waals surface area contributed by atoms with Crippen LogP contribution in [0.2, 0.25) is 0 Å². The van der Waals surface area contributed by atoms with Gasteiger partial charge in [0.05, 0.1) is 12.1 Å². The summed E-state index contributed by atoms with van der Waals surface area (Å²) in [5.74, 6) is 1.93. The van der Waals surface area contributed by atoms with Gasteiger partial charge >= 0.3 is 0 Å². The topological polar surface area (TPSA) is 67.9 Å². The van der Waals surface area contributed by atoms with E-state index in [0.717, 1.165) is 36.4 Å². The van der Waals surface area contributed by atoms with Crippen molar-refractivity contribution in [3.8, 4) is 0 Å². The molecule has 0 aliphatic carbocycles. The summed E-state index contributed by atoms with van der Waals surface area (Å²) in [7, 11) is 0. The molecule has 1 aliphatic heterocycles. The van der Waals surface area contributed by atoms with Gasteiger partial charge in [-0.2, -0.15) is 0 Å². The molecule has 5 nitrogen and oxygen atoms in total. The fraction of sp³-hybridized carbons (Fsp3) is 0.316. The van der Waals surface area contributed by atoms with Crippen LogP contribution in [0.3, 0.4) is 0 Å². The normalized spacial score (nSPS) is 18.8. The van der Waals surface area contributed by atoms with E-state index in [0.29, 0.717) is 11.7 Å². The second-order valence-electron chi connectivity index (χ2n) is 6.40. The molecule has 3 aromatic rings. The summed E-state index contributed by atoms with van der Waals surface area (Å²) in [6, 6.07) is 12.2. The number of hydrogen-bond donors (Lipinski definition) is 1. The van der Waals surface area contributed by atoms with Gasteiger partial charge in [-0.15, -0.1) is 0 Å². The van der Waals surface area contributed by atoms with Crippen molar-refractivity contribution in [3.05, 3.63) is 60.2 Å². The fourth-order valence-corrected chi connectivity index (χ4v) is 3.53. The molecule has 1 saturated heterocycles. The zero-order valence-electron chi connectivity index (χ0n) is 13.6. The Morgan fingerprint density at radius 2 is 1.92 bits per heavy atom. The first-order valence-electron chi connectivity index (χ1n) is 8.43. The standard InChI is InChI=1S/C19H21N5/c20-19-16-5-1-2-6-17(16)22-18(23-19)13-24-11-3-4-15(12-24)14-7-9-21-10-8-14/h1-2,5-10,15H,3-4,11-13H2,(H2,20,22,23)/t15-/m0/s1. The smallest absolute Gasteiger partial charge is 0.145 e. The predicted octanol–water partition coefficient (Wildman–Crippen LogP) is 2.99. The first-order valence-corrected chi connectivity index (χ1v) is 8.43. The minimum Gasteiger partial charge on any atom is -0.383 e. The van der Waals surface area contributed by atoms with E-state index in [-0.39, 0.29) is 0 Å². The number of nitrogens with zero attached hydrogens (tertiary/aromatic N) is 4. The van der Waals surface area contributed by atoms with Crippen molar-refractivity contribution in [1.29, 1.82) is 0 Å². The van der Waals surface area contributed by atoms with E-state index >= 15 is 0 Å². The van der Waals surface area contributed by atoms with Crippen molar-refractivity contribution in [2.24, 2.45) is 0 Å².